The first-order chi connectivity index (χ1) is 11.9. The number of rotatable bonds is 9. The van der Waals surface area contributed by atoms with Gasteiger partial charge in [0.15, 0.2) is 0 Å². The molecule has 0 saturated carbocycles. The quantitative estimate of drug-likeness (QED) is 0.478. The van der Waals surface area contributed by atoms with Crippen molar-refractivity contribution in [2.75, 3.05) is 12.4 Å². The van der Waals surface area contributed by atoms with Crippen molar-refractivity contribution in [1.29, 1.82) is 0 Å². The Kier molecular flexibility index (Phi) is 9.20. The Labute approximate surface area is 156 Å². The number of hydrogen-bond donors (Lipinski definition) is 2. The first-order valence-electron chi connectivity index (χ1n) is 8.20. The molecule has 2 N–H and O–H groups in total. The molecule has 0 fully saturated rings. The zero-order valence-corrected chi connectivity index (χ0v) is 16.3. The Morgan fingerprint density at radius 2 is 1.80 bits per heavy atom. The van der Waals surface area contributed by atoms with Crippen LogP contribution in [0.1, 0.15) is 25.8 Å². The Balaban J connectivity index is 2.89. The molecule has 1 aromatic rings. The van der Waals surface area contributed by atoms with E-state index in [0.717, 1.165) is 5.56 Å². The molecule has 0 aliphatic carbocycles. The van der Waals surface area contributed by atoms with Gasteiger partial charge < -0.3 is 15.4 Å². The highest BCUT2D eigenvalue weighted by atomic mass is 79.9. The number of ether oxygens (including phenoxy) is 1. The fraction of sp³-hybridized carbons (Fsp3) is 0.500. The maximum absolute atomic E-state index is 12.7. The summed E-state index contributed by atoms with van der Waals surface area (Å²) >= 11 is 3.08. The molecule has 0 spiro atoms. The number of amides is 2. The van der Waals surface area contributed by atoms with Gasteiger partial charge in [-0.15, -0.1) is 0 Å². The van der Waals surface area contributed by atoms with Crippen LogP contribution in [-0.4, -0.2) is 42.3 Å². The molecule has 2 amide bonds. The molecule has 0 heterocycles. The Bertz CT molecular complexity index is 580. The maximum atomic E-state index is 12.7. The monoisotopic (exact) mass is 412 g/mol. The van der Waals surface area contributed by atoms with E-state index in [1.165, 1.54) is 7.11 Å². The number of carbonyl (C=O) groups is 3. The number of hydrogen-bond acceptors (Lipinski definition) is 4. The van der Waals surface area contributed by atoms with Gasteiger partial charge in [-0.05, 0) is 11.5 Å². The van der Waals surface area contributed by atoms with Crippen molar-refractivity contribution in [3.63, 3.8) is 0 Å². The number of benzene rings is 1. The number of esters is 1. The van der Waals surface area contributed by atoms with E-state index in [-0.39, 0.29) is 17.2 Å². The van der Waals surface area contributed by atoms with Crippen LogP contribution in [0.25, 0.3) is 0 Å². The molecule has 3 atom stereocenters. The van der Waals surface area contributed by atoms with Crippen molar-refractivity contribution in [3.8, 4) is 0 Å². The van der Waals surface area contributed by atoms with Crippen LogP contribution in [0.4, 0.5) is 0 Å². The van der Waals surface area contributed by atoms with Gasteiger partial charge in [0.2, 0.25) is 11.8 Å². The smallest absolute Gasteiger partial charge is 0.328 e. The minimum absolute atomic E-state index is 0.0713. The summed E-state index contributed by atoms with van der Waals surface area (Å²) in [7, 11) is 1.28. The van der Waals surface area contributed by atoms with E-state index in [2.05, 4.69) is 26.6 Å². The number of alkyl halides is 1. The standard InChI is InChI=1S/C18H25BrN2O4/c1-4-12(2)16(21-15(22)11-19)17(23)20-14(18(24)25-3)10-13-8-6-5-7-9-13/h5-9,12,14,16H,4,10-11H2,1-3H3,(H,20,23)(H,21,22)/t12-,14-,16-/m0/s1. The second-order valence-corrected chi connectivity index (χ2v) is 6.40. The van der Waals surface area contributed by atoms with E-state index in [9.17, 15) is 14.4 Å². The van der Waals surface area contributed by atoms with Crippen molar-refractivity contribution in [1.82, 2.24) is 10.6 Å². The molecule has 0 aromatic heterocycles. The van der Waals surface area contributed by atoms with Gasteiger partial charge in [0.05, 0.1) is 12.4 Å². The van der Waals surface area contributed by atoms with Crippen LogP contribution < -0.4 is 10.6 Å². The van der Waals surface area contributed by atoms with Crippen molar-refractivity contribution in [3.05, 3.63) is 35.9 Å². The lowest BCUT2D eigenvalue weighted by Gasteiger charge is -2.25. The third-order valence-electron chi connectivity index (χ3n) is 4.02. The third-order valence-corrected chi connectivity index (χ3v) is 4.53. The zero-order chi connectivity index (χ0) is 18.8. The summed E-state index contributed by atoms with van der Waals surface area (Å²) in [6.07, 6.45) is 1.03. The highest BCUT2D eigenvalue weighted by molar-refractivity contribution is 9.09. The second kappa shape index (κ2) is 10.9. The highest BCUT2D eigenvalue weighted by Crippen LogP contribution is 2.10. The molecule has 0 radical (unpaired) electrons. The number of halogens is 1. The van der Waals surface area contributed by atoms with E-state index in [1.54, 1.807) is 0 Å². The molecule has 0 unspecified atom stereocenters. The van der Waals surface area contributed by atoms with E-state index in [4.69, 9.17) is 4.74 Å². The van der Waals surface area contributed by atoms with E-state index in [1.807, 2.05) is 44.2 Å². The summed E-state index contributed by atoms with van der Waals surface area (Å²) < 4.78 is 4.81. The predicted molar refractivity (Wildman–Crippen MR) is 99.3 cm³/mol. The molecule has 0 saturated heterocycles. The van der Waals surface area contributed by atoms with Gasteiger partial charge in [-0.2, -0.15) is 0 Å². The average Bonchev–Trinajstić information content (AvgIpc) is 2.64. The lowest BCUT2D eigenvalue weighted by molar-refractivity contribution is -0.145. The van der Waals surface area contributed by atoms with E-state index < -0.39 is 24.0 Å². The molecule has 0 aliphatic heterocycles. The molecule has 138 valence electrons. The highest BCUT2D eigenvalue weighted by Gasteiger charge is 2.30. The van der Waals surface area contributed by atoms with Crippen LogP contribution in [0, 0.1) is 5.92 Å². The molecule has 1 aromatic carbocycles. The summed E-state index contributed by atoms with van der Waals surface area (Å²) in [5, 5.41) is 5.52. The first kappa shape index (κ1) is 21.2. The van der Waals surface area contributed by atoms with Crippen molar-refractivity contribution in [2.24, 2.45) is 5.92 Å². The molecular formula is C18H25BrN2O4. The molecule has 0 bridgehead atoms. The third kappa shape index (κ3) is 6.86. The molecule has 7 heteroatoms. The van der Waals surface area contributed by atoms with Crippen molar-refractivity contribution >= 4 is 33.7 Å². The normalized spacial score (nSPS) is 14.1. The van der Waals surface area contributed by atoms with Gasteiger partial charge in [0.1, 0.15) is 12.1 Å². The Morgan fingerprint density at radius 3 is 2.32 bits per heavy atom. The Morgan fingerprint density at radius 1 is 1.16 bits per heavy atom. The van der Waals surface area contributed by atoms with Gasteiger partial charge in [0.25, 0.3) is 0 Å². The molecule has 1 rings (SSSR count). The first-order valence-corrected chi connectivity index (χ1v) is 9.32. The van der Waals surface area contributed by atoms with Gasteiger partial charge in [-0.3, -0.25) is 9.59 Å². The molecule has 25 heavy (non-hydrogen) atoms. The van der Waals surface area contributed by atoms with Gasteiger partial charge in [-0.25, -0.2) is 4.79 Å². The zero-order valence-electron chi connectivity index (χ0n) is 14.8. The molecule has 0 aliphatic rings. The minimum atomic E-state index is -0.813. The summed E-state index contributed by atoms with van der Waals surface area (Å²) in [6.45, 7) is 3.82. The SMILES string of the molecule is CC[C@H](C)[C@H](NC(=O)CBr)C(=O)N[C@@H](Cc1ccccc1)C(=O)OC. The van der Waals surface area contributed by atoms with Crippen LogP contribution >= 0.6 is 15.9 Å². The van der Waals surface area contributed by atoms with Crippen molar-refractivity contribution in [2.45, 2.75) is 38.8 Å². The summed E-state index contributed by atoms with van der Waals surface area (Å²) in [4.78, 5) is 36.4. The number of nitrogens with one attached hydrogen (secondary N) is 2. The van der Waals surface area contributed by atoms with E-state index in [0.29, 0.717) is 12.8 Å². The maximum Gasteiger partial charge on any atom is 0.328 e. The summed E-state index contributed by atoms with van der Waals surface area (Å²) in [5.41, 5.74) is 0.905. The molecular weight excluding hydrogens is 388 g/mol. The van der Waals surface area contributed by atoms with Gasteiger partial charge in [0, 0.05) is 6.42 Å². The topological polar surface area (TPSA) is 84.5 Å². The number of carbonyl (C=O) groups excluding carboxylic acids is 3. The molecule has 6 nitrogen and oxygen atoms in total. The van der Waals surface area contributed by atoms with Crippen LogP contribution in [0.15, 0.2) is 30.3 Å². The number of methoxy groups -OCH3 is 1. The Hall–Kier alpha value is -1.89. The van der Waals surface area contributed by atoms with Crippen LogP contribution in [-0.2, 0) is 25.5 Å². The van der Waals surface area contributed by atoms with Gasteiger partial charge in [-0.1, -0.05) is 66.5 Å². The summed E-state index contributed by atoms with van der Waals surface area (Å²) in [5.74, 6) is -1.27. The van der Waals surface area contributed by atoms with Gasteiger partial charge >= 0.3 is 5.97 Å². The predicted octanol–water partition coefficient (Wildman–Crippen LogP) is 1.81. The minimum Gasteiger partial charge on any atom is -0.467 e. The summed E-state index contributed by atoms with van der Waals surface area (Å²) in [6, 6.07) is 7.84. The van der Waals surface area contributed by atoms with Crippen LogP contribution in [0.3, 0.4) is 0 Å². The lowest BCUT2D eigenvalue weighted by atomic mass is 9.97. The van der Waals surface area contributed by atoms with Crippen LogP contribution in [0.2, 0.25) is 0 Å². The van der Waals surface area contributed by atoms with Crippen molar-refractivity contribution < 1.29 is 19.1 Å². The fourth-order valence-electron chi connectivity index (χ4n) is 2.36. The van der Waals surface area contributed by atoms with Crippen LogP contribution in [0.5, 0.6) is 0 Å². The van der Waals surface area contributed by atoms with E-state index >= 15 is 0 Å². The fourth-order valence-corrected chi connectivity index (χ4v) is 2.52. The average molecular weight is 413 g/mol. The lowest BCUT2D eigenvalue weighted by Crippen LogP contribution is -2.55. The second-order valence-electron chi connectivity index (χ2n) is 5.84. The largest absolute Gasteiger partial charge is 0.467 e.